The molecule has 0 spiro atoms. The Balaban J connectivity index is 1.48. The summed E-state index contributed by atoms with van der Waals surface area (Å²) in [4.78, 5) is 11.2. The maximum Gasteiger partial charge on any atom is 0.237 e. The summed E-state index contributed by atoms with van der Waals surface area (Å²) >= 11 is 0. The third-order valence-electron chi connectivity index (χ3n) is 6.57. The van der Waals surface area contributed by atoms with Crippen LogP contribution in [0.4, 0.5) is 33.2 Å². The van der Waals surface area contributed by atoms with E-state index in [1.807, 2.05) is 25.1 Å². The Kier molecular flexibility index (Phi) is 7.70. The summed E-state index contributed by atoms with van der Waals surface area (Å²) in [6.45, 7) is 8.75. The van der Waals surface area contributed by atoms with E-state index < -0.39 is 14.8 Å². The van der Waals surface area contributed by atoms with Crippen molar-refractivity contribution in [3.05, 3.63) is 65.6 Å². The Labute approximate surface area is 218 Å². The molecule has 0 bridgehead atoms. The molecule has 198 valence electrons. The van der Waals surface area contributed by atoms with Crippen molar-refractivity contribution in [1.29, 1.82) is 0 Å². The van der Waals surface area contributed by atoms with Gasteiger partial charge in [-0.1, -0.05) is 12.1 Å². The van der Waals surface area contributed by atoms with Crippen molar-refractivity contribution in [1.82, 2.24) is 14.9 Å². The Morgan fingerprint density at radius 2 is 1.68 bits per heavy atom. The molecule has 3 aromatic rings. The molecule has 1 aliphatic heterocycles. The summed E-state index contributed by atoms with van der Waals surface area (Å²) in [6.07, 6.45) is 3.58. The number of rotatable bonds is 7. The molecule has 4 rings (SSSR count). The van der Waals surface area contributed by atoms with Crippen LogP contribution < -0.4 is 15.4 Å². The highest BCUT2D eigenvalue weighted by atomic mass is 32.2. The first-order valence-corrected chi connectivity index (χ1v) is 13.9. The Bertz CT molecular complexity index is 1370. The van der Waals surface area contributed by atoms with Gasteiger partial charge < -0.3 is 15.5 Å². The zero-order chi connectivity index (χ0) is 26.8. The second-order valence-electron chi connectivity index (χ2n) is 10.6. The molecule has 0 unspecified atom stereocenters. The lowest BCUT2D eigenvalue weighted by molar-refractivity contribution is 0.253. The minimum absolute atomic E-state index is 0.223. The second-order valence-corrected chi connectivity index (χ2v) is 13.0. The van der Waals surface area contributed by atoms with E-state index in [1.54, 1.807) is 45.2 Å². The van der Waals surface area contributed by atoms with E-state index in [0.717, 1.165) is 37.1 Å². The van der Waals surface area contributed by atoms with Gasteiger partial charge in [0, 0.05) is 23.1 Å². The number of halogens is 1. The van der Waals surface area contributed by atoms with Crippen LogP contribution in [0, 0.1) is 12.7 Å². The number of hydrogen-bond acceptors (Lipinski definition) is 7. The van der Waals surface area contributed by atoms with Crippen LogP contribution >= 0.6 is 0 Å². The number of nitrogens with zero attached hydrogens (tertiary/aromatic N) is 3. The number of sulfonamides is 1. The predicted molar refractivity (Wildman–Crippen MR) is 148 cm³/mol. The summed E-state index contributed by atoms with van der Waals surface area (Å²) in [7, 11) is -1.46. The minimum atomic E-state index is -3.55. The fourth-order valence-electron chi connectivity index (χ4n) is 4.12. The van der Waals surface area contributed by atoms with Crippen LogP contribution in [-0.2, 0) is 10.0 Å². The van der Waals surface area contributed by atoms with Gasteiger partial charge in [0.1, 0.15) is 11.6 Å². The molecular formula is C27H35FN6O2S. The lowest BCUT2D eigenvalue weighted by Gasteiger charge is -2.29. The molecule has 37 heavy (non-hydrogen) atoms. The lowest BCUT2D eigenvalue weighted by atomic mass is 9.89. The molecule has 0 atom stereocenters. The summed E-state index contributed by atoms with van der Waals surface area (Å²) in [5.74, 6) is 0.890. The molecular weight excluding hydrogens is 491 g/mol. The van der Waals surface area contributed by atoms with Gasteiger partial charge >= 0.3 is 0 Å². The predicted octanol–water partition coefficient (Wildman–Crippen LogP) is 5.76. The first-order valence-electron chi connectivity index (χ1n) is 12.4. The lowest BCUT2D eigenvalue weighted by Crippen LogP contribution is -2.33. The molecule has 1 fully saturated rings. The monoisotopic (exact) mass is 526 g/mol. The first-order chi connectivity index (χ1) is 17.4. The van der Waals surface area contributed by atoms with Crippen molar-refractivity contribution < 1.29 is 12.8 Å². The normalized spacial score (nSPS) is 15.4. The molecule has 0 amide bonds. The van der Waals surface area contributed by atoms with E-state index in [1.165, 1.54) is 6.07 Å². The zero-order valence-electron chi connectivity index (χ0n) is 22.0. The second kappa shape index (κ2) is 10.6. The third kappa shape index (κ3) is 6.56. The van der Waals surface area contributed by atoms with Gasteiger partial charge in [0.15, 0.2) is 0 Å². The number of benzene rings is 2. The topological polar surface area (TPSA) is 99.2 Å². The molecule has 0 saturated carbocycles. The largest absolute Gasteiger partial charge is 0.340 e. The van der Waals surface area contributed by atoms with Crippen molar-refractivity contribution >= 4 is 38.9 Å². The number of piperidine rings is 1. The minimum Gasteiger partial charge on any atom is -0.340 e. The van der Waals surface area contributed by atoms with E-state index in [4.69, 9.17) is 0 Å². The summed E-state index contributed by atoms with van der Waals surface area (Å²) < 4.78 is 41.7. The number of hydrogen-bond donors (Lipinski definition) is 3. The Hall–Kier alpha value is -3.24. The third-order valence-corrected chi connectivity index (χ3v) is 8.69. The van der Waals surface area contributed by atoms with Crippen molar-refractivity contribution in [2.24, 2.45) is 0 Å². The smallest absolute Gasteiger partial charge is 0.237 e. The van der Waals surface area contributed by atoms with E-state index in [9.17, 15) is 12.8 Å². The summed E-state index contributed by atoms with van der Waals surface area (Å²) in [5.41, 5.74) is 3.24. The van der Waals surface area contributed by atoms with Crippen molar-refractivity contribution in [2.45, 2.75) is 51.2 Å². The molecule has 1 saturated heterocycles. The molecule has 10 heteroatoms. The van der Waals surface area contributed by atoms with Crippen LogP contribution in [-0.4, -0.2) is 48.2 Å². The van der Waals surface area contributed by atoms with Crippen molar-refractivity contribution in [3.8, 4) is 0 Å². The fraction of sp³-hybridized carbons (Fsp3) is 0.407. The summed E-state index contributed by atoms with van der Waals surface area (Å²) in [5, 5.41) is 6.32. The van der Waals surface area contributed by atoms with Crippen molar-refractivity contribution in [3.63, 3.8) is 0 Å². The first kappa shape index (κ1) is 26.8. The van der Waals surface area contributed by atoms with Gasteiger partial charge in [0.05, 0.1) is 10.4 Å². The highest BCUT2D eigenvalue weighted by Gasteiger charge is 2.29. The number of aryl methyl sites for hydroxylation is 1. The molecule has 2 heterocycles. The molecule has 3 N–H and O–H groups in total. The standard InChI is InChI=1S/C27H35FN6O2S/c1-18-17-29-26(31-21-9-10-23(24(28)16-21)19-11-13-34(5)14-12-19)32-25(18)30-20-7-6-8-22(15-20)33-37(35,36)27(2,3)4/h6-10,15-17,19,33H,11-14H2,1-5H3,(H2,29,30,31,32). The average molecular weight is 527 g/mol. The molecule has 0 radical (unpaired) electrons. The quantitative estimate of drug-likeness (QED) is 0.360. The molecule has 1 aromatic heterocycles. The number of likely N-dealkylation sites (tertiary alicyclic amines) is 1. The van der Waals surface area contributed by atoms with Crippen LogP contribution in [0.2, 0.25) is 0 Å². The van der Waals surface area contributed by atoms with Crippen molar-refractivity contribution in [2.75, 3.05) is 35.5 Å². The SMILES string of the molecule is Cc1cnc(Nc2ccc(C3CCN(C)CC3)c(F)c2)nc1Nc1cccc(NS(=O)(=O)C(C)(C)C)c1. The number of aromatic nitrogens is 2. The zero-order valence-corrected chi connectivity index (χ0v) is 22.8. The van der Waals surface area contributed by atoms with Crippen LogP contribution in [0.25, 0.3) is 0 Å². The van der Waals surface area contributed by atoms with Gasteiger partial charge in [-0.05, 0) is 102 Å². The van der Waals surface area contributed by atoms with E-state index >= 15 is 0 Å². The van der Waals surface area contributed by atoms with Gasteiger partial charge in [-0.15, -0.1) is 0 Å². The molecule has 8 nitrogen and oxygen atoms in total. The maximum atomic E-state index is 14.9. The van der Waals surface area contributed by atoms with E-state index in [0.29, 0.717) is 28.8 Å². The highest BCUT2D eigenvalue weighted by molar-refractivity contribution is 7.94. The van der Waals surface area contributed by atoms with Crippen LogP contribution in [0.3, 0.4) is 0 Å². The van der Waals surface area contributed by atoms with Gasteiger partial charge in [-0.25, -0.2) is 17.8 Å². The summed E-state index contributed by atoms with van der Waals surface area (Å²) in [6, 6.07) is 12.2. The van der Waals surface area contributed by atoms with Gasteiger partial charge in [-0.3, -0.25) is 4.72 Å². The molecule has 0 aliphatic carbocycles. The van der Waals surface area contributed by atoms with E-state index in [-0.39, 0.29) is 11.7 Å². The average Bonchev–Trinajstić information content (AvgIpc) is 2.81. The Morgan fingerprint density at radius 1 is 1.00 bits per heavy atom. The van der Waals surface area contributed by atoms with Crippen LogP contribution in [0.1, 0.15) is 50.7 Å². The van der Waals surface area contributed by atoms with E-state index in [2.05, 4.69) is 37.3 Å². The number of anilines is 5. The van der Waals surface area contributed by atoms with Gasteiger partial charge in [-0.2, -0.15) is 4.98 Å². The molecule has 2 aromatic carbocycles. The fourth-order valence-corrected chi connectivity index (χ4v) is 4.86. The Morgan fingerprint density at radius 3 is 2.35 bits per heavy atom. The maximum absolute atomic E-state index is 14.9. The highest BCUT2D eigenvalue weighted by Crippen LogP contribution is 2.31. The van der Waals surface area contributed by atoms with Crippen LogP contribution in [0.15, 0.2) is 48.7 Å². The molecule has 1 aliphatic rings. The van der Waals surface area contributed by atoms with Gasteiger partial charge in [0.2, 0.25) is 16.0 Å². The van der Waals surface area contributed by atoms with Gasteiger partial charge in [0.25, 0.3) is 0 Å². The van der Waals surface area contributed by atoms with Crippen LogP contribution in [0.5, 0.6) is 0 Å². The number of nitrogens with one attached hydrogen (secondary N) is 3.